The lowest BCUT2D eigenvalue weighted by molar-refractivity contribution is -0.113. The fraction of sp³-hybridized carbons (Fsp3) is 0.450. The molecule has 0 atom stereocenters. The number of amides is 1. The Labute approximate surface area is 173 Å². The van der Waals surface area contributed by atoms with Crippen molar-refractivity contribution in [3.05, 3.63) is 35.3 Å². The quantitative estimate of drug-likeness (QED) is 0.617. The number of benzene rings is 1. The molecule has 3 aromatic rings. The Balaban J connectivity index is 1.29. The van der Waals surface area contributed by atoms with Crippen LogP contribution < -0.4 is 5.32 Å². The number of hydrogen-bond donors (Lipinski definition) is 1. The minimum Gasteiger partial charge on any atom is -0.322 e. The van der Waals surface area contributed by atoms with Crippen LogP contribution in [0.25, 0.3) is 11.0 Å². The Morgan fingerprint density at radius 3 is 2.86 bits per heavy atom. The van der Waals surface area contributed by atoms with Crippen molar-refractivity contribution in [3.8, 4) is 0 Å². The number of carbonyl (C=O) groups is 1. The second-order valence-corrected chi connectivity index (χ2v) is 9.18. The van der Waals surface area contributed by atoms with Crippen LogP contribution in [0.5, 0.6) is 0 Å². The maximum atomic E-state index is 12.3. The van der Waals surface area contributed by atoms with E-state index >= 15 is 0 Å². The summed E-state index contributed by atoms with van der Waals surface area (Å²) in [6, 6.07) is 7.99. The van der Waals surface area contributed by atoms with Gasteiger partial charge >= 0.3 is 0 Å². The second-order valence-electron chi connectivity index (χ2n) is 7.38. The van der Waals surface area contributed by atoms with Crippen molar-refractivity contribution in [2.75, 3.05) is 24.2 Å². The van der Waals surface area contributed by atoms with Gasteiger partial charge in [0.1, 0.15) is 0 Å². The number of anilines is 1. The van der Waals surface area contributed by atoms with Crippen LogP contribution in [0.4, 0.5) is 5.13 Å². The van der Waals surface area contributed by atoms with Gasteiger partial charge in [0, 0.05) is 19.0 Å². The molecule has 1 aliphatic heterocycles. The first-order chi connectivity index (χ1) is 13.6. The fourth-order valence-corrected chi connectivity index (χ4v) is 4.93. The molecule has 28 heavy (non-hydrogen) atoms. The van der Waals surface area contributed by atoms with E-state index in [-0.39, 0.29) is 5.91 Å². The largest absolute Gasteiger partial charge is 0.322 e. The number of aromatic nitrogens is 3. The molecule has 1 amide bonds. The van der Waals surface area contributed by atoms with Gasteiger partial charge in [-0.3, -0.25) is 9.69 Å². The van der Waals surface area contributed by atoms with Crippen molar-refractivity contribution in [3.63, 3.8) is 0 Å². The molecule has 0 aliphatic carbocycles. The van der Waals surface area contributed by atoms with Crippen molar-refractivity contribution in [1.82, 2.24) is 19.4 Å². The molecular weight excluding hydrogens is 390 g/mol. The molecule has 6 nitrogen and oxygen atoms in total. The Morgan fingerprint density at radius 1 is 1.29 bits per heavy atom. The van der Waals surface area contributed by atoms with Gasteiger partial charge in [-0.05, 0) is 44.0 Å². The highest BCUT2D eigenvalue weighted by Gasteiger charge is 2.17. The highest BCUT2D eigenvalue weighted by Crippen LogP contribution is 2.24. The van der Waals surface area contributed by atoms with Crippen LogP contribution in [0.2, 0.25) is 0 Å². The molecule has 0 radical (unpaired) electrons. The molecule has 4 rings (SSSR count). The van der Waals surface area contributed by atoms with Crippen LogP contribution >= 0.6 is 23.1 Å². The third kappa shape index (κ3) is 4.56. The Morgan fingerprint density at radius 2 is 2.07 bits per heavy atom. The van der Waals surface area contributed by atoms with Crippen molar-refractivity contribution in [2.45, 2.75) is 31.5 Å². The van der Waals surface area contributed by atoms with Crippen molar-refractivity contribution in [2.24, 2.45) is 13.0 Å². The highest BCUT2D eigenvalue weighted by molar-refractivity contribution is 7.99. The standard InChI is InChI=1S/C20H25N5OS2/c1-14-7-9-25(10-8-14)11-15-12-27-19(21-15)23-18(26)13-28-20-22-16-5-3-4-6-17(16)24(20)2/h3-6,12,14H,7-11,13H2,1-2H3,(H,21,23,26). The van der Waals surface area contributed by atoms with Gasteiger partial charge in [0.15, 0.2) is 10.3 Å². The Bertz CT molecular complexity index is 959. The molecule has 1 aliphatic rings. The lowest BCUT2D eigenvalue weighted by Gasteiger charge is -2.29. The van der Waals surface area contributed by atoms with Crippen molar-refractivity contribution >= 4 is 45.2 Å². The van der Waals surface area contributed by atoms with Gasteiger partial charge in [-0.1, -0.05) is 30.8 Å². The van der Waals surface area contributed by atoms with Gasteiger partial charge in [0.25, 0.3) is 0 Å². The van der Waals surface area contributed by atoms with Crippen LogP contribution in [0.1, 0.15) is 25.5 Å². The predicted molar refractivity (Wildman–Crippen MR) is 116 cm³/mol. The normalized spacial score (nSPS) is 15.9. The number of carbonyl (C=O) groups excluding carboxylic acids is 1. The topological polar surface area (TPSA) is 63.1 Å². The van der Waals surface area contributed by atoms with Gasteiger partial charge in [-0.25, -0.2) is 9.97 Å². The number of thioether (sulfide) groups is 1. The number of aryl methyl sites for hydroxylation is 1. The average Bonchev–Trinajstić information content (AvgIpc) is 3.26. The number of thiazole rings is 1. The summed E-state index contributed by atoms with van der Waals surface area (Å²) < 4.78 is 2.02. The van der Waals surface area contributed by atoms with Crippen LogP contribution in [0, 0.1) is 5.92 Å². The van der Waals surface area contributed by atoms with E-state index in [0.717, 1.165) is 47.4 Å². The molecule has 1 saturated heterocycles. The monoisotopic (exact) mass is 415 g/mol. The molecule has 1 fully saturated rings. The van der Waals surface area contributed by atoms with E-state index in [4.69, 9.17) is 0 Å². The molecule has 148 valence electrons. The Hall–Kier alpha value is -1.90. The van der Waals surface area contributed by atoms with Crippen LogP contribution in [0.3, 0.4) is 0 Å². The van der Waals surface area contributed by atoms with Crippen molar-refractivity contribution < 1.29 is 4.79 Å². The van der Waals surface area contributed by atoms with Crippen molar-refractivity contribution in [1.29, 1.82) is 0 Å². The van der Waals surface area contributed by atoms with E-state index in [1.165, 1.54) is 35.9 Å². The smallest absolute Gasteiger partial charge is 0.236 e. The molecule has 0 saturated carbocycles. The first-order valence-electron chi connectivity index (χ1n) is 9.59. The Kier molecular flexibility index (Phi) is 5.99. The van der Waals surface area contributed by atoms with Crippen LogP contribution in [-0.4, -0.2) is 44.2 Å². The summed E-state index contributed by atoms with van der Waals surface area (Å²) in [4.78, 5) is 24.0. The minimum absolute atomic E-state index is 0.0512. The van der Waals surface area contributed by atoms with E-state index < -0.39 is 0 Å². The first kappa shape index (κ1) is 19.4. The first-order valence-corrected chi connectivity index (χ1v) is 11.5. The summed E-state index contributed by atoms with van der Waals surface area (Å²) in [6.45, 7) is 5.46. The summed E-state index contributed by atoms with van der Waals surface area (Å²) in [5.41, 5.74) is 3.06. The molecule has 0 bridgehead atoms. The summed E-state index contributed by atoms with van der Waals surface area (Å²) in [7, 11) is 1.98. The van der Waals surface area contributed by atoms with E-state index in [1.54, 1.807) is 0 Å². The molecular formula is C20H25N5OS2. The van der Waals surface area contributed by atoms with Gasteiger partial charge in [-0.2, -0.15) is 0 Å². The SMILES string of the molecule is CC1CCN(Cc2csc(NC(=O)CSc3nc4ccccc4n3C)n2)CC1. The summed E-state index contributed by atoms with van der Waals surface area (Å²) >= 11 is 2.94. The molecule has 8 heteroatoms. The number of hydrogen-bond acceptors (Lipinski definition) is 6. The number of rotatable bonds is 6. The van der Waals surface area contributed by atoms with Crippen LogP contribution in [0.15, 0.2) is 34.8 Å². The summed E-state index contributed by atoms with van der Waals surface area (Å²) in [5, 5.41) is 6.49. The number of piperidine rings is 1. The maximum absolute atomic E-state index is 12.3. The third-order valence-electron chi connectivity index (χ3n) is 5.14. The maximum Gasteiger partial charge on any atom is 0.236 e. The van der Waals surface area contributed by atoms with E-state index in [2.05, 4.69) is 27.1 Å². The van der Waals surface area contributed by atoms with Gasteiger partial charge in [-0.15, -0.1) is 11.3 Å². The molecule has 1 aromatic carbocycles. The number of imidazole rings is 1. The fourth-order valence-electron chi connectivity index (χ4n) is 3.42. The lowest BCUT2D eigenvalue weighted by Crippen LogP contribution is -2.32. The average molecular weight is 416 g/mol. The number of para-hydroxylation sites is 2. The van der Waals surface area contributed by atoms with Gasteiger partial charge < -0.3 is 9.88 Å². The zero-order chi connectivity index (χ0) is 19.5. The highest BCUT2D eigenvalue weighted by atomic mass is 32.2. The predicted octanol–water partition coefficient (Wildman–Crippen LogP) is 3.99. The summed E-state index contributed by atoms with van der Waals surface area (Å²) in [5.74, 6) is 1.09. The van der Waals surface area contributed by atoms with Gasteiger partial charge in [0.05, 0.1) is 22.5 Å². The number of fused-ring (bicyclic) bond motifs is 1. The molecule has 1 N–H and O–H groups in total. The van der Waals surface area contributed by atoms with Gasteiger partial charge in [0.2, 0.25) is 5.91 Å². The zero-order valence-electron chi connectivity index (χ0n) is 16.2. The second kappa shape index (κ2) is 8.63. The molecule has 3 heterocycles. The molecule has 0 spiro atoms. The lowest BCUT2D eigenvalue weighted by atomic mass is 9.99. The number of nitrogens with zero attached hydrogens (tertiary/aromatic N) is 4. The van der Waals surface area contributed by atoms with E-state index in [0.29, 0.717) is 10.9 Å². The van der Waals surface area contributed by atoms with E-state index in [1.807, 2.05) is 41.3 Å². The van der Waals surface area contributed by atoms with Crippen LogP contribution in [-0.2, 0) is 18.4 Å². The molecule has 0 unspecified atom stereocenters. The molecule has 2 aromatic heterocycles. The van der Waals surface area contributed by atoms with E-state index in [9.17, 15) is 4.79 Å². The number of nitrogens with one attached hydrogen (secondary N) is 1. The zero-order valence-corrected chi connectivity index (χ0v) is 17.9. The summed E-state index contributed by atoms with van der Waals surface area (Å²) in [6.07, 6.45) is 2.51. The third-order valence-corrected chi connectivity index (χ3v) is 6.97. The number of likely N-dealkylation sites (tertiary alicyclic amines) is 1. The minimum atomic E-state index is -0.0512.